The number of ketones is 1. The molecule has 1 heterocycles. The van der Waals surface area contributed by atoms with Crippen molar-refractivity contribution in [2.45, 2.75) is 0 Å². The Morgan fingerprint density at radius 3 is 2.60 bits per heavy atom. The number of nitrogens with one attached hydrogen (secondary N) is 1. The number of fused-ring (bicyclic) bond motifs is 1. The van der Waals surface area contributed by atoms with Gasteiger partial charge < -0.3 is 4.98 Å². The van der Waals surface area contributed by atoms with E-state index < -0.39 is 0 Å². The van der Waals surface area contributed by atoms with Gasteiger partial charge in [-0.15, -0.1) is 0 Å². The standard InChI is InChI=1S/C15H8Br2ClNO/c16-8-1-3-10-12(7-19-14(10)5-8)15(20)11-4-2-9(18)6-13(11)17/h1-7,19H. The summed E-state index contributed by atoms with van der Waals surface area (Å²) in [6, 6.07) is 11.0. The van der Waals surface area contributed by atoms with Gasteiger partial charge in [0.15, 0.2) is 5.78 Å². The first-order chi connectivity index (χ1) is 9.56. The molecule has 0 atom stereocenters. The van der Waals surface area contributed by atoms with Gasteiger partial charge in [0.2, 0.25) is 0 Å². The van der Waals surface area contributed by atoms with Crippen molar-refractivity contribution in [3.63, 3.8) is 0 Å². The van der Waals surface area contributed by atoms with Gasteiger partial charge in [-0.1, -0.05) is 33.6 Å². The molecule has 3 aromatic rings. The molecule has 1 N–H and O–H groups in total. The van der Waals surface area contributed by atoms with E-state index >= 15 is 0 Å². The molecule has 0 aliphatic heterocycles. The molecule has 0 saturated carbocycles. The maximum atomic E-state index is 12.6. The van der Waals surface area contributed by atoms with E-state index in [9.17, 15) is 4.79 Å². The molecule has 0 aliphatic rings. The van der Waals surface area contributed by atoms with Crippen molar-refractivity contribution >= 4 is 60.1 Å². The van der Waals surface area contributed by atoms with E-state index in [1.165, 1.54) is 0 Å². The second-order valence-electron chi connectivity index (χ2n) is 4.35. The highest BCUT2D eigenvalue weighted by Gasteiger charge is 2.16. The third-order valence-corrected chi connectivity index (χ3v) is 4.45. The molecule has 3 rings (SSSR count). The first-order valence-electron chi connectivity index (χ1n) is 5.82. The fourth-order valence-corrected chi connectivity index (χ4v) is 3.33. The van der Waals surface area contributed by atoms with Crippen LogP contribution in [0.3, 0.4) is 0 Å². The van der Waals surface area contributed by atoms with Gasteiger partial charge in [0, 0.05) is 42.2 Å². The predicted molar refractivity (Wildman–Crippen MR) is 88.6 cm³/mol. The number of H-pyrrole nitrogens is 1. The van der Waals surface area contributed by atoms with E-state index in [-0.39, 0.29) is 5.78 Å². The minimum absolute atomic E-state index is 0.0397. The zero-order valence-corrected chi connectivity index (χ0v) is 14.0. The molecule has 5 heteroatoms. The number of hydrogen-bond donors (Lipinski definition) is 1. The minimum atomic E-state index is -0.0397. The molecule has 0 bridgehead atoms. The van der Waals surface area contributed by atoms with Crippen LogP contribution in [0.15, 0.2) is 51.5 Å². The number of halogens is 3. The van der Waals surface area contributed by atoms with Gasteiger partial charge in [-0.2, -0.15) is 0 Å². The number of rotatable bonds is 2. The second-order valence-corrected chi connectivity index (χ2v) is 6.55. The van der Waals surface area contributed by atoms with Gasteiger partial charge in [-0.05, 0) is 46.3 Å². The summed E-state index contributed by atoms with van der Waals surface area (Å²) in [5.74, 6) is -0.0397. The maximum Gasteiger partial charge on any atom is 0.196 e. The summed E-state index contributed by atoms with van der Waals surface area (Å²) in [6.45, 7) is 0. The van der Waals surface area contributed by atoms with E-state index in [4.69, 9.17) is 11.6 Å². The molecule has 0 amide bonds. The van der Waals surface area contributed by atoms with E-state index in [1.54, 1.807) is 24.4 Å². The third-order valence-electron chi connectivity index (χ3n) is 3.06. The van der Waals surface area contributed by atoms with Crippen molar-refractivity contribution in [1.82, 2.24) is 4.98 Å². The Hall–Kier alpha value is -1.10. The van der Waals surface area contributed by atoms with Crippen molar-refractivity contribution in [3.8, 4) is 0 Å². The Morgan fingerprint density at radius 1 is 1.05 bits per heavy atom. The minimum Gasteiger partial charge on any atom is -0.360 e. The monoisotopic (exact) mass is 411 g/mol. The van der Waals surface area contributed by atoms with Crippen molar-refractivity contribution in [3.05, 3.63) is 67.7 Å². The Balaban J connectivity index is 2.13. The van der Waals surface area contributed by atoms with Crippen LogP contribution in [0.2, 0.25) is 5.02 Å². The highest BCUT2D eigenvalue weighted by molar-refractivity contribution is 9.10. The van der Waals surface area contributed by atoms with Gasteiger partial charge in [-0.3, -0.25) is 4.79 Å². The lowest BCUT2D eigenvalue weighted by atomic mass is 10.0. The summed E-state index contributed by atoms with van der Waals surface area (Å²) < 4.78 is 1.67. The van der Waals surface area contributed by atoms with Crippen molar-refractivity contribution in [1.29, 1.82) is 0 Å². The summed E-state index contributed by atoms with van der Waals surface area (Å²) in [5, 5.41) is 1.50. The van der Waals surface area contributed by atoms with Crippen LogP contribution in [0.25, 0.3) is 10.9 Å². The summed E-state index contributed by atoms with van der Waals surface area (Å²) in [5.41, 5.74) is 2.17. The van der Waals surface area contributed by atoms with Gasteiger partial charge in [-0.25, -0.2) is 0 Å². The van der Waals surface area contributed by atoms with Crippen LogP contribution in [0.1, 0.15) is 15.9 Å². The molecular formula is C15H8Br2ClNO. The van der Waals surface area contributed by atoms with E-state index in [0.29, 0.717) is 20.6 Å². The SMILES string of the molecule is O=C(c1ccc(Cl)cc1Br)c1c[nH]c2cc(Br)ccc12. The van der Waals surface area contributed by atoms with Gasteiger partial charge in [0.25, 0.3) is 0 Å². The van der Waals surface area contributed by atoms with E-state index in [2.05, 4.69) is 36.8 Å². The average molecular weight is 413 g/mol. The predicted octanol–water partition coefficient (Wildman–Crippen LogP) is 5.58. The smallest absolute Gasteiger partial charge is 0.196 e. The lowest BCUT2D eigenvalue weighted by Gasteiger charge is -2.03. The zero-order chi connectivity index (χ0) is 14.3. The molecular weight excluding hydrogens is 405 g/mol. The lowest BCUT2D eigenvalue weighted by Crippen LogP contribution is -2.01. The molecule has 0 radical (unpaired) electrons. The number of carbonyl (C=O) groups excluding carboxylic acids is 1. The molecule has 100 valence electrons. The quantitative estimate of drug-likeness (QED) is 0.547. The van der Waals surface area contributed by atoms with Crippen molar-refractivity contribution in [2.24, 2.45) is 0 Å². The summed E-state index contributed by atoms with van der Waals surface area (Å²) in [7, 11) is 0. The number of hydrogen-bond acceptors (Lipinski definition) is 1. The number of aromatic amines is 1. The van der Waals surface area contributed by atoms with Crippen LogP contribution >= 0.6 is 43.5 Å². The van der Waals surface area contributed by atoms with Gasteiger partial charge >= 0.3 is 0 Å². The third kappa shape index (κ3) is 2.43. The number of benzene rings is 2. The van der Waals surface area contributed by atoms with Crippen molar-refractivity contribution < 1.29 is 4.79 Å². The molecule has 0 fully saturated rings. The molecule has 2 aromatic carbocycles. The van der Waals surface area contributed by atoms with Crippen LogP contribution in [-0.2, 0) is 0 Å². The fraction of sp³-hybridized carbons (Fsp3) is 0. The Kier molecular flexibility index (Phi) is 3.71. The number of aromatic nitrogens is 1. The maximum absolute atomic E-state index is 12.6. The molecule has 0 spiro atoms. The molecule has 0 unspecified atom stereocenters. The number of carbonyl (C=O) groups is 1. The van der Waals surface area contributed by atoms with Crippen LogP contribution in [0.4, 0.5) is 0 Å². The lowest BCUT2D eigenvalue weighted by molar-refractivity contribution is 0.103. The van der Waals surface area contributed by atoms with Crippen LogP contribution in [-0.4, -0.2) is 10.8 Å². The highest BCUT2D eigenvalue weighted by atomic mass is 79.9. The van der Waals surface area contributed by atoms with Gasteiger partial charge in [0.1, 0.15) is 0 Å². The average Bonchev–Trinajstić information content (AvgIpc) is 2.80. The summed E-state index contributed by atoms with van der Waals surface area (Å²) in [4.78, 5) is 15.8. The Morgan fingerprint density at radius 2 is 1.85 bits per heavy atom. The molecule has 20 heavy (non-hydrogen) atoms. The van der Waals surface area contributed by atoms with Crippen LogP contribution in [0.5, 0.6) is 0 Å². The highest BCUT2D eigenvalue weighted by Crippen LogP contribution is 2.28. The topological polar surface area (TPSA) is 32.9 Å². The summed E-state index contributed by atoms with van der Waals surface area (Å²) >= 11 is 12.7. The van der Waals surface area contributed by atoms with Crippen LogP contribution < -0.4 is 0 Å². The normalized spacial score (nSPS) is 10.9. The molecule has 0 saturated heterocycles. The van der Waals surface area contributed by atoms with Gasteiger partial charge in [0.05, 0.1) is 0 Å². The van der Waals surface area contributed by atoms with Crippen molar-refractivity contribution in [2.75, 3.05) is 0 Å². The Bertz CT molecular complexity index is 826. The molecule has 1 aromatic heterocycles. The fourth-order valence-electron chi connectivity index (χ4n) is 2.10. The van der Waals surface area contributed by atoms with E-state index in [1.807, 2.05) is 18.2 Å². The largest absolute Gasteiger partial charge is 0.360 e. The second kappa shape index (κ2) is 5.35. The van der Waals surface area contributed by atoms with Crippen LogP contribution in [0, 0.1) is 0 Å². The van der Waals surface area contributed by atoms with E-state index in [0.717, 1.165) is 15.4 Å². The first kappa shape index (κ1) is 13.9. The summed E-state index contributed by atoms with van der Waals surface area (Å²) in [6.07, 6.45) is 1.74. The zero-order valence-electron chi connectivity index (χ0n) is 10.1. The molecule has 0 aliphatic carbocycles. The molecule has 2 nitrogen and oxygen atoms in total. The Labute approximate surface area is 137 Å². The first-order valence-corrected chi connectivity index (χ1v) is 7.79.